The number of ether oxygens (including phenoxy) is 6. The maximum atomic E-state index is 13.4. The summed E-state index contributed by atoms with van der Waals surface area (Å²) in [5.74, 6) is -0.941. The minimum atomic E-state index is -0.628. The Morgan fingerprint density at radius 1 is 0.315 bits per heavy atom. The third-order valence-electron chi connectivity index (χ3n) is 15.7. The smallest absolute Gasteiger partial charge is 0.343 e. The van der Waals surface area contributed by atoms with Gasteiger partial charge in [-0.25, -0.2) is 9.59 Å². The minimum Gasteiger partial charge on any atom is -0.494 e. The topological polar surface area (TPSA) is 173 Å². The van der Waals surface area contributed by atoms with E-state index >= 15 is 0 Å². The Balaban J connectivity index is 0.953. The zero-order chi connectivity index (χ0) is 65.1. The lowest BCUT2D eigenvalue weighted by Gasteiger charge is -2.11. The summed E-state index contributed by atoms with van der Waals surface area (Å²) in [6, 6.07) is 35.9. The number of azo groups is 2. The van der Waals surface area contributed by atoms with E-state index in [0.717, 1.165) is 25.7 Å². The van der Waals surface area contributed by atoms with Crippen molar-refractivity contribution in [3.63, 3.8) is 0 Å². The zero-order valence-electron chi connectivity index (χ0n) is 54.4. The quantitative estimate of drug-likeness (QED) is 0.0155. The fourth-order valence-electron chi connectivity index (χ4n) is 10.2. The third-order valence-corrected chi connectivity index (χ3v) is 16.2. The molecule has 494 valence electrons. The van der Waals surface area contributed by atoms with Crippen molar-refractivity contribution in [2.75, 3.05) is 13.2 Å². The van der Waals surface area contributed by atoms with E-state index in [1.807, 2.05) is 0 Å². The van der Waals surface area contributed by atoms with Crippen LogP contribution in [0.25, 0.3) is 0 Å². The Hall–Kier alpha value is -7.42. The van der Waals surface area contributed by atoms with Crippen molar-refractivity contribution in [1.29, 1.82) is 0 Å². The van der Waals surface area contributed by atoms with Crippen LogP contribution in [0.2, 0.25) is 10.0 Å². The van der Waals surface area contributed by atoms with Crippen LogP contribution < -0.4 is 28.4 Å². The van der Waals surface area contributed by atoms with E-state index in [4.69, 9.17) is 51.6 Å². The van der Waals surface area contributed by atoms with E-state index in [1.165, 1.54) is 190 Å². The summed E-state index contributed by atoms with van der Waals surface area (Å²) in [6.45, 7) is 5.72. The third kappa shape index (κ3) is 30.8. The molecule has 0 bridgehead atoms. The summed E-state index contributed by atoms with van der Waals surface area (Å²) in [7, 11) is 0. The number of hydrogen-bond acceptors (Lipinski definition) is 14. The van der Waals surface area contributed by atoms with Crippen molar-refractivity contribution in [2.45, 2.75) is 219 Å². The molecule has 0 amide bonds. The Morgan fingerprint density at radius 3 is 0.924 bits per heavy atom. The van der Waals surface area contributed by atoms with E-state index in [0.29, 0.717) is 57.3 Å². The van der Waals surface area contributed by atoms with Crippen molar-refractivity contribution < 1.29 is 47.6 Å². The molecule has 0 spiro atoms. The summed E-state index contributed by atoms with van der Waals surface area (Å²) >= 11 is 12.2. The molecule has 0 saturated carbocycles. The van der Waals surface area contributed by atoms with Gasteiger partial charge in [0.25, 0.3) is 0 Å². The molecular weight excluding hydrogens is 1200 g/mol. The lowest BCUT2D eigenvalue weighted by Crippen LogP contribution is -2.11. The summed E-state index contributed by atoms with van der Waals surface area (Å²) in [6.07, 6.45) is 36.4. The first-order valence-electron chi connectivity index (χ1n) is 34.0. The molecule has 6 aromatic carbocycles. The van der Waals surface area contributed by atoms with Crippen molar-refractivity contribution in [1.82, 2.24) is 0 Å². The van der Waals surface area contributed by atoms with Gasteiger partial charge in [0.15, 0.2) is 11.5 Å². The number of hydrogen-bond donors (Lipinski definition) is 0. The van der Waals surface area contributed by atoms with Crippen LogP contribution in [0.4, 0.5) is 22.7 Å². The van der Waals surface area contributed by atoms with Crippen LogP contribution in [0, 0.1) is 0 Å². The molecule has 0 heterocycles. The van der Waals surface area contributed by atoms with E-state index in [1.54, 1.807) is 97.1 Å². The van der Waals surface area contributed by atoms with Crippen LogP contribution in [0.1, 0.15) is 240 Å². The molecule has 6 aromatic rings. The first-order valence-corrected chi connectivity index (χ1v) is 34.7. The van der Waals surface area contributed by atoms with Crippen LogP contribution in [0.3, 0.4) is 0 Å². The summed E-state index contributed by atoms with van der Waals surface area (Å²) in [5.41, 5.74) is 2.01. The van der Waals surface area contributed by atoms with Crippen molar-refractivity contribution in [3.05, 3.63) is 155 Å². The average Bonchev–Trinajstić information content (AvgIpc) is 1.16. The number of carbonyl (C=O) groups is 4. The highest BCUT2D eigenvalue weighted by Crippen LogP contribution is 2.36. The zero-order valence-corrected chi connectivity index (χ0v) is 55.9. The maximum absolute atomic E-state index is 13.4. The van der Waals surface area contributed by atoms with Gasteiger partial charge in [-0.05, 0) is 147 Å². The van der Waals surface area contributed by atoms with E-state index in [2.05, 4.69) is 34.3 Å². The number of benzene rings is 6. The normalized spacial score (nSPS) is 11.3. The Kier molecular flexibility index (Phi) is 36.0. The van der Waals surface area contributed by atoms with Gasteiger partial charge in [0.1, 0.15) is 34.4 Å². The van der Waals surface area contributed by atoms with Gasteiger partial charge in [0.2, 0.25) is 0 Å². The second-order valence-corrected chi connectivity index (χ2v) is 24.4. The molecule has 6 rings (SSSR count). The molecule has 14 nitrogen and oxygen atoms in total. The predicted molar refractivity (Wildman–Crippen MR) is 368 cm³/mol. The van der Waals surface area contributed by atoms with Crippen molar-refractivity contribution in [2.24, 2.45) is 20.5 Å². The fraction of sp³-hybridized carbons (Fsp3) is 0.474. The number of esters is 4. The van der Waals surface area contributed by atoms with Gasteiger partial charge >= 0.3 is 23.9 Å². The highest BCUT2D eigenvalue weighted by atomic mass is 35.5. The van der Waals surface area contributed by atoms with Gasteiger partial charge in [-0.1, -0.05) is 204 Å². The van der Waals surface area contributed by atoms with Crippen LogP contribution in [-0.2, 0) is 9.59 Å². The molecule has 0 aliphatic carbocycles. The number of unbranched alkanes of at least 4 members (excludes halogenated alkanes) is 27. The van der Waals surface area contributed by atoms with Gasteiger partial charge in [-0.15, -0.1) is 10.2 Å². The first-order chi connectivity index (χ1) is 45.0. The van der Waals surface area contributed by atoms with Crippen LogP contribution in [0.15, 0.2) is 154 Å². The highest BCUT2D eigenvalue weighted by Gasteiger charge is 2.18. The number of nitrogens with zero attached hydrogens (tertiary/aromatic N) is 4. The minimum absolute atomic E-state index is 0.00199. The van der Waals surface area contributed by atoms with E-state index in [-0.39, 0.29) is 60.1 Å². The number of rotatable bonds is 47. The lowest BCUT2D eigenvalue weighted by molar-refractivity contribution is -0.136. The molecule has 16 heteroatoms. The predicted octanol–water partition coefficient (Wildman–Crippen LogP) is 24.1. The van der Waals surface area contributed by atoms with Gasteiger partial charge in [-0.2, -0.15) is 10.2 Å². The molecule has 92 heavy (non-hydrogen) atoms. The fourth-order valence-corrected chi connectivity index (χ4v) is 10.5. The Labute approximate surface area is 556 Å². The molecule has 0 saturated heterocycles. The van der Waals surface area contributed by atoms with Gasteiger partial charge in [-0.3, -0.25) is 9.59 Å². The monoisotopic (exact) mass is 1290 g/mol. The second-order valence-electron chi connectivity index (χ2n) is 23.5. The largest absolute Gasteiger partial charge is 0.494 e. The molecule has 0 aromatic heterocycles. The Bertz CT molecular complexity index is 2930. The van der Waals surface area contributed by atoms with Crippen molar-refractivity contribution >= 4 is 69.8 Å². The van der Waals surface area contributed by atoms with Crippen LogP contribution >= 0.6 is 23.2 Å². The van der Waals surface area contributed by atoms with E-state index in [9.17, 15) is 19.2 Å². The molecule has 0 N–H and O–H groups in total. The SMILES string of the molecule is CCCCCCCCCCCCCCCCOc1ccc(C(=O)Oc2ccc(N=Nc3ccc(Cl)cc3)c(OC(=O)CCCCC(=O)Oc3cc(OC(=O)c4ccc(OCCCCCCCCCCCCCCCC)cc4)ccc3N=Nc3ccc(Cl)cc3)c2)cc1. The summed E-state index contributed by atoms with van der Waals surface area (Å²) in [4.78, 5) is 53.6. The molecule has 0 atom stereocenters. The summed E-state index contributed by atoms with van der Waals surface area (Å²) in [5, 5.41) is 18.3. The Morgan fingerprint density at radius 2 is 0.609 bits per heavy atom. The molecule has 0 unspecified atom stereocenters. The maximum Gasteiger partial charge on any atom is 0.343 e. The van der Waals surface area contributed by atoms with Gasteiger partial charge < -0.3 is 28.4 Å². The standard InChI is InChI=1S/C76H96Cl2N4O10/c1-3-5-7-9-11-13-15-17-19-21-23-25-27-31-55-87-65-47-35-59(36-48-65)75(85)89-67-51-53-69(81-79-63-43-39-61(77)40-44-63)71(57-67)91-73(83)33-29-30-34-74(84)92-72-58-68(52-54-70(72)82-80-64-45-41-62(78)42-46-64)90-76(86)60-37-49-66(50-38-60)88-56-32-28-26-24-22-20-18-16-14-12-10-8-6-4-2/h35-54,57-58H,3-34,55-56H2,1-2H3. The van der Waals surface area contributed by atoms with Crippen molar-refractivity contribution in [3.8, 4) is 34.5 Å². The lowest BCUT2D eigenvalue weighted by atomic mass is 10.0. The van der Waals surface area contributed by atoms with Crippen LogP contribution in [-0.4, -0.2) is 37.1 Å². The number of halogens is 2. The molecule has 0 radical (unpaired) electrons. The highest BCUT2D eigenvalue weighted by molar-refractivity contribution is 6.30. The number of carbonyl (C=O) groups excluding carboxylic acids is 4. The average molecular weight is 1300 g/mol. The molecule has 0 aliphatic heterocycles. The second kappa shape index (κ2) is 45.0. The molecule has 0 aliphatic rings. The van der Waals surface area contributed by atoms with Crippen LogP contribution in [0.5, 0.6) is 34.5 Å². The van der Waals surface area contributed by atoms with E-state index < -0.39 is 23.9 Å². The van der Waals surface area contributed by atoms with Gasteiger partial charge in [0, 0.05) is 35.0 Å². The molecular formula is C76H96Cl2N4O10. The summed E-state index contributed by atoms with van der Waals surface area (Å²) < 4.78 is 35.0. The first kappa shape index (κ1) is 73.6. The van der Waals surface area contributed by atoms with Gasteiger partial charge in [0.05, 0.1) is 35.7 Å². The molecule has 0 fully saturated rings.